The lowest BCUT2D eigenvalue weighted by Gasteiger charge is -2.28. The predicted molar refractivity (Wildman–Crippen MR) is 134 cm³/mol. The normalized spacial score (nSPS) is 13.9. The third kappa shape index (κ3) is 4.93. The number of hydrogen-bond acceptors (Lipinski definition) is 2. The lowest BCUT2D eigenvalue weighted by atomic mass is 9.94. The third-order valence-electron chi connectivity index (χ3n) is 5.63. The van der Waals surface area contributed by atoms with E-state index in [0.717, 1.165) is 11.1 Å². The lowest BCUT2D eigenvalue weighted by Crippen LogP contribution is -2.42. The Morgan fingerprint density at radius 2 is 1.29 bits per heavy atom. The van der Waals surface area contributed by atoms with Gasteiger partial charge in [-0.25, -0.2) is 0 Å². The Balaban J connectivity index is 1.55. The summed E-state index contributed by atoms with van der Waals surface area (Å²) in [4.78, 5) is 0. The maximum atomic E-state index is 6.69. The van der Waals surface area contributed by atoms with Crippen molar-refractivity contribution in [3.8, 4) is 0 Å². The van der Waals surface area contributed by atoms with Gasteiger partial charge in [0, 0.05) is 0 Å². The average Bonchev–Trinajstić information content (AvgIpc) is 2.83. The molecule has 0 heterocycles. The minimum atomic E-state index is -0.240. The summed E-state index contributed by atoms with van der Waals surface area (Å²) in [6.07, 6.45) is 0. The predicted octanol–water partition coefficient (Wildman–Crippen LogP) is 5.81. The second kappa shape index (κ2) is 9.73. The Bertz CT molecular complexity index is 1140. The first-order valence-corrected chi connectivity index (χ1v) is 10.9. The summed E-state index contributed by atoms with van der Waals surface area (Å²) in [6.45, 7) is 2.13. The molecule has 0 aliphatic heterocycles. The van der Waals surface area contributed by atoms with Crippen molar-refractivity contribution in [2.75, 3.05) is 0 Å². The highest BCUT2D eigenvalue weighted by Gasteiger charge is 2.23. The van der Waals surface area contributed by atoms with Gasteiger partial charge >= 0.3 is 0 Å². The third-order valence-corrected chi connectivity index (χ3v) is 5.86. The molecule has 0 fully saturated rings. The van der Waals surface area contributed by atoms with Gasteiger partial charge in [-0.15, -0.1) is 0 Å². The van der Waals surface area contributed by atoms with Crippen LogP contribution in [0.1, 0.15) is 41.7 Å². The van der Waals surface area contributed by atoms with E-state index in [1.807, 2.05) is 36.4 Å². The van der Waals surface area contributed by atoms with Crippen molar-refractivity contribution in [2.24, 2.45) is 5.73 Å². The van der Waals surface area contributed by atoms with Gasteiger partial charge in [-0.05, 0) is 46.6 Å². The van der Waals surface area contributed by atoms with Crippen LogP contribution in [-0.4, -0.2) is 5.11 Å². The Morgan fingerprint density at radius 3 is 2.00 bits per heavy atom. The maximum Gasteiger partial charge on any atom is 0.167 e. The van der Waals surface area contributed by atoms with E-state index < -0.39 is 0 Å². The minimum Gasteiger partial charge on any atom is -0.356 e. The zero-order valence-electron chi connectivity index (χ0n) is 17.5. The molecule has 31 heavy (non-hydrogen) atoms. The van der Waals surface area contributed by atoms with Gasteiger partial charge in [0.25, 0.3) is 0 Å². The summed E-state index contributed by atoms with van der Waals surface area (Å²) in [5.74, 6) is 0. The second-order valence-corrected chi connectivity index (χ2v) is 8.14. The van der Waals surface area contributed by atoms with Gasteiger partial charge in [0.15, 0.2) is 5.11 Å². The molecule has 0 aromatic heterocycles. The zero-order chi connectivity index (χ0) is 21.6. The highest BCUT2D eigenvalue weighted by molar-refractivity contribution is 7.80. The standard InChI is InChI=1S/C27H27N3S/c1-19(23-18-10-16-20-11-8-9-17-24(20)23)29-27(31)30-26(22-14-6-3-7-15-22)25(28)21-12-4-2-5-13-21/h2-19,25-26H,28H2,1H3,(H2,29,30,31)/t19-,25-,26-/m1/s1. The van der Waals surface area contributed by atoms with Gasteiger partial charge in [-0.3, -0.25) is 0 Å². The summed E-state index contributed by atoms with van der Waals surface area (Å²) in [5, 5.41) is 9.97. The number of nitrogens with one attached hydrogen (secondary N) is 2. The van der Waals surface area contributed by atoms with E-state index in [1.54, 1.807) is 0 Å². The molecule has 0 aliphatic rings. The molecule has 0 spiro atoms. The van der Waals surface area contributed by atoms with Crippen LogP contribution in [-0.2, 0) is 0 Å². The van der Waals surface area contributed by atoms with Crippen LogP contribution in [0.5, 0.6) is 0 Å². The van der Waals surface area contributed by atoms with Crippen LogP contribution >= 0.6 is 12.2 Å². The Kier molecular flexibility index (Phi) is 6.60. The van der Waals surface area contributed by atoms with Crippen molar-refractivity contribution in [2.45, 2.75) is 25.0 Å². The topological polar surface area (TPSA) is 50.1 Å². The van der Waals surface area contributed by atoms with Crippen molar-refractivity contribution >= 4 is 28.1 Å². The molecule has 4 heteroatoms. The number of thiocarbonyl (C=S) groups is 1. The highest BCUT2D eigenvalue weighted by Crippen LogP contribution is 2.28. The van der Waals surface area contributed by atoms with Crippen LogP contribution in [0.2, 0.25) is 0 Å². The number of benzene rings is 4. The van der Waals surface area contributed by atoms with Crippen molar-refractivity contribution in [3.05, 3.63) is 120 Å². The van der Waals surface area contributed by atoms with Crippen LogP contribution < -0.4 is 16.4 Å². The van der Waals surface area contributed by atoms with Crippen molar-refractivity contribution in [3.63, 3.8) is 0 Å². The molecule has 4 aromatic rings. The van der Waals surface area contributed by atoms with Crippen LogP contribution in [0.4, 0.5) is 0 Å². The molecule has 0 radical (unpaired) electrons. The fourth-order valence-corrected chi connectivity index (χ4v) is 4.30. The molecule has 4 aromatic carbocycles. The summed E-state index contributed by atoms with van der Waals surface area (Å²) >= 11 is 5.72. The smallest absolute Gasteiger partial charge is 0.167 e. The molecule has 4 rings (SSSR count). The van der Waals surface area contributed by atoms with Crippen LogP contribution in [0.3, 0.4) is 0 Å². The Labute approximate surface area is 189 Å². The van der Waals surface area contributed by atoms with E-state index in [4.69, 9.17) is 18.0 Å². The molecule has 3 atom stereocenters. The Hall–Kier alpha value is -3.21. The van der Waals surface area contributed by atoms with Crippen molar-refractivity contribution < 1.29 is 0 Å². The number of rotatable bonds is 6. The van der Waals surface area contributed by atoms with Gasteiger partial charge < -0.3 is 16.4 Å². The first-order valence-electron chi connectivity index (χ1n) is 10.5. The number of nitrogens with two attached hydrogens (primary N) is 1. The van der Waals surface area contributed by atoms with E-state index >= 15 is 0 Å². The summed E-state index contributed by atoms with van der Waals surface area (Å²) < 4.78 is 0. The SMILES string of the molecule is C[C@@H](NC(=S)N[C@H](c1ccccc1)[C@H](N)c1ccccc1)c1cccc2ccccc12. The summed E-state index contributed by atoms with van der Waals surface area (Å²) in [6, 6.07) is 34.8. The molecule has 0 saturated carbocycles. The first kappa shape index (κ1) is 21.0. The van der Waals surface area contributed by atoms with Gasteiger partial charge in [-0.1, -0.05) is 103 Å². The van der Waals surface area contributed by atoms with Crippen molar-refractivity contribution in [1.29, 1.82) is 0 Å². The van der Waals surface area contributed by atoms with Gasteiger partial charge in [0.1, 0.15) is 0 Å². The fourth-order valence-electron chi connectivity index (χ4n) is 3.99. The molecular formula is C27H27N3S. The quantitative estimate of drug-likeness (QED) is 0.341. The molecule has 0 aliphatic carbocycles. The summed E-state index contributed by atoms with van der Waals surface area (Å²) in [7, 11) is 0. The highest BCUT2D eigenvalue weighted by atomic mass is 32.1. The molecule has 156 valence electrons. The first-order chi connectivity index (χ1) is 15.1. The lowest BCUT2D eigenvalue weighted by molar-refractivity contribution is 0.516. The van der Waals surface area contributed by atoms with Gasteiger partial charge in [0.05, 0.1) is 18.1 Å². The average molecular weight is 426 g/mol. The van der Waals surface area contributed by atoms with Gasteiger partial charge in [0.2, 0.25) is 0 Å². The van der Waals surface area contributed by atoms with Crippen LogP contribution in [0.15, 0.2) is 103 Å². The molecule has 0 unspecified atom stereocenters. The molecule has 3 nitrogen and oxygen atoms in total. The van der Waals surface area contributed by atoms with E-state index in [1.165, 1.54) is 16.3 Å². The second-order valence-electron chi connectivity index (χ2n) is 7.73. The van der Waals surface area contributed by atoms with E-state index in [0.29, 0.717) is 5.11 Å². The molecule has 0 amide bonds. The van der Waals surface area contributed by atoms with Crippen LogP contribution in [0.25, 0.3) is 10.8 Å². The molecular weight excluding hydrogens is 398 g/mol. The fraction of sp³-hybridized carbons (Fsp3) is 0.148. The molecule has 0 saturated heterocycles. The van der Waals surface area contributed by atoms with Crippen molar-refractivity contribution in [1.82, 2.24) is 10.6 Å². The maximum absolute atomic E-state index is 6.69. The van der Waals surface area contributed by atoms with E-state index in [2.05, 4.69) is 84.3 Å². The number of hydrogen-bond donors (Lipinski definition) is 3. The van der Waals surface area contributed by atoms with E-state index in [-0.39, 0.29) is 18.1 Å². The molecule has 0 bridgehead atoms. The molecule has 4 N–H and O–H groups in total. The number of fused-ring (bicyclic) bond motifs is 1. The van der Waals surface area contributed by atoms with Crippen LogP contribution in [0, 0.1) is 0 Å². The summed E-state index contributed by atoms with van der Waals surface area (Å²) in [5.41, 5.74) is 10.1. The van der Waals surface area contributed by atoms with Gasteiger partial charge in [-0.2, -0.15) is 0 Å². The monoisotopic (exact) mass is 425 g/mol. The Morgan fingerprint density at radius 1 is 0.710 bits per heavy atom. The minimum absolute atomic E-state index is 0.0514. The zero-order valence-corrected chi connectivity index (χ0v) is 18.3. The van der Waals surface area contributed by atoms with E-state index in [9.17, 15) is 0 Å². The largest absolute Gasteiger partial charge is 0.356 e.